The summed E-state index contributed by atoms with van der Waals surface area (Å²) in [5, 5.41) is 3.20. The first-order valence-electron chi connectivity index (χ1n) is 9.99. The van der Waals surface area contributed by atoms with Gasteiger partial charge in [-0.2, -0.15) is 0 Å². The molecule has 5 heteroatoms. The zero-order valence-corrected chi connectivity index (χ0v) is 15.8. The van der Waals surface area contributed by atoms with Crippen molar-refractivity contribution >= 4 is 17.3 Å². The Morgan fingerprint density at radius 2 is 1.96 bits per heavy atom. The van der Waals surface area contributed by atoms with Crippen molar-refractivity contribution < 1.29 is 4.79 Å². The molecule has 0 saturated heterocycles. The minimum Gasteiger partial charge on any atom is -0.367 e. The SMILES string of the molecule is O=C(Nc1ccccc1CN1CCc2ccccc21)C1CCc2nccn2C1. The maximum Gasteiger partial charge on any atom is 0.229 e. The summed E-state index contributed by atoms with van der Waals surface area (Å²) in [7, 11) is 0. The fraction of sp³-hybridized carbons (Fsp3) is 0.304. The highest BCUT2D eigenvalue weighted by Crippen LogP contribution is 2.30. The number of hydrogen-bond donors (Lipinski definition) is 1. The van der Waals surface area contributed by atoms with Crippen molar-refractivity contribution in [3.63, 3.8) is 0 Å². The van der Waals surface area contributed by atoms with Crippen LogP contribution in [-0.4, -0.2) is 22.0 Å². The van der Waals surface area contributed by atoms with Crippen molar-refractivity contribution in [2.45, 2.75) is 32.4 Å². The van der Waals surface area contributed by atoms with Crippen LogP contribution in [0.1, 0.15) is 23.4 Å². The number of amides is 1. The molecule has 0 bridgehead atoms. The lowest BCUT2D eigenvalue weighted by molar-refractivity contribution is -0.120. The number of nitrogens with one attached hydrogen (secondary N) is 1. The largest absolute Gasteiger partial charge is 0.367 e. The minimum atomic E-state index is -0.0118. The normalized spacial score (nSPS) is 17.9. The number of aryl methyl sites for hydroxylation is 1. The quantitative estimate of drug-likeness (QED) is 0.761. The van der Waals surface area contributed by atoms with Crippen LogP contribution in [0.2, 0.25) is 0 Å². The Balaban J connectivity index is 1.31. The molecule has 0 saturated carbocycles. The minimum absolute atomic E-state index is 0.0118. The number of rotatable bonds is 4. The average molecular weight is 372 g/mol. The van der Waals surface area contributed by atoms with Gasteiger partial charge in [0.05, 0.1) is 5.92 Å². The molecule has 1 unspecified atom stereocenters. The summed E-state index contributed by atoms with van der Waals surface area (Å²) in [5.74, 6) is 1.17. The second kappa shape index (κ2) is 7.15. The highest BCUT2D eigenvalue weighted by Gasteiger charge is 2.26. The third-order valence-electron chi connectivity index (χ3n) is 5.93. The van der Waals surface area contributed by atoms with Crippen molar-refractivity contribution in [1.82, 2.24) is 9.55 Å². The number of hydrogen-bond acceptors (Lipinski definition) is 3. The molecule has 0 radical (unpaired) electrons. The molecular weight excluding hydrogens is 348 g/mol. The third kappa shape index (κ3) is 3.17. The number of carbonyl (C=O) groups excluding carboxylic acids is 1. The fourth-order valence-electron chi connectivity index (χ4n) is 4.37. The predicted molar refractivity (Wildman–Crippen MR) is 110 cm³/mol. The second-order valence-corrected chi connectivity index (χ2v) is 7.68. The van der Waals surface area contributed by atoms with E-state index in [1.165, 1.54) is 11.3 Å². The number of nitrogens with zero attached hydrogens (tertiary/aromatic N) is 3. The number of fused-ring (bicyclic) bond motifs is 2. The van der Waals surface area contributed by atoms with Gasteiger partial charge in [0, 0.05) is 49.8 Å². The molecule has 1 atom stereocenters. The average Bonchev–Trinajstić information content (AvgIpc) is 3.36. The molecular formula is C23H24N4O. The van der Waals surface area contributed by atoms with Gasteiger partial charge in [-0.25, -0.2) is 4.98 Å². The summed E-state index contributed by atoms with van der Waals surface area (Å²) in [4.78, 5) is 19.7. The molecule has 1 amide bonds. The number of benzene rings is 2. The van der Waals surface area contributed by atoms with Gasteiger partial charge in [-0.3, -0.25) is 4.79 Å². The van der Waals surface area contributed by atoms with Crippen molar-refractivity contribution in [3.8, 4) is 0 Å². The first-order chi connectivity index (χ1) is 13.8. The summed E-state index contributed by atoms with van der Waals surface area (Å²) in [5.41, 5.74) is 4.80. The predicted octanol–water partition coefficient (Wildman–Crippen LogP) is 3.65. The third-order valence-corrected chi connectivity index (χ3v) is 5.93. The van der Waals surface area contributed by atoms with Crippen molar-refractivity contribution in [2.24, 2.45) is 5.92 Å². The van der Waals surface area contributed by atoms with E-state index >= 15 is 0 Å². The zero-order valence-electron chi connectivity index (χ0n) is 15.8. The first kappa shape index (κ1) is 17.0. The van der Waals surface area contributed by atoms with Crippen LogP contribution in [0.15, 0.2) is 60.9 Å². The van der Waals surface area contributed by atoms with Crippen LogP contribution in [0.25, 0.3) is 0 Å². The van der Waals surface area contributed by atoms with Crippen LogP contribution in [-0.2, 0) is 30.7 Å². The molecule has 0 spiro atoms. The molecule has 3 heterocycles. The van der Waals surface area contributed by atoms with E-state index in [4.69, 9.17) is 0 Å². The summed E-state index contributed by atoms with van der Waals surface area (Å²) >= 11 is 0. The monoisotopic (exact) mass is 372 g/mol. The van der Waals surface area contributed by atoms with Crippen LogP contribution in [0.3, 0.4) is 0 Å². The summed E-state index contributed by atoms with van der Waals surface area (Å²) in [6.45, 7) is 2.54. The van der Waals surface area contributed by atoms with Crippen LogP contribution in [0.5, 0.6) is 0 Å². The smallest absolute Gasteiger partial charge is 0.229 e. The Morgan fingerprint density at radius 1 is 1.11 bits per heavy atom. The van der Waals surface area contributed by atoms with Gasteiger partial charge < -0.3 is 14.8 Å². The Hall–Kier alpha value is -3.08. The Bertz CT molecular complexity index is 1010. The highest BCUT2D eigenvalue weighted by molar-refractivity contribution is 5.93. The molecule has 28 heavy (non-hydrogen) atoms. The van der Waals surface area contributed by atoms with Gasteiger partial charge in [0.1, 0.15) is 5.82 Å². The summed E-state index contributed by atoms with van der Waals surface area (Å²) in [6, 6.07) is 16.8. The molecule has 5 nitrogen and oxygen atoms in total. The molecule has 0 aliphatic carbocycles. The molecule has 2 aromatic carbocycles. The highest BCUT2D eigenvalue weighted by atomic mass is 16.1. The number of aromatic nitrogens is 2. The lowest BCUT2D eigenvalue weighted by atomic mass is 9.98. The topological polar surface area (TPSA) is 50.2 Å². The first-order valence-corrected chi connectivity index (χ1v) is 9.99. The standard InChI is InChI=1S/C23H24N4O/c28-23(19-9-10-22-24-12-14-27(22)16-19)25-20-7-3-1-6-18(20)15-26-13-11-17-5-2-4-8-21(17)26/h1-8,12,14,19H,9-11,13,15-16H2,(H,25,28). The maximum absolute atomic E-state index is 12.9. The Morgan fingerprint density at radius 3 is 2.93 bits per heavy atom. The lowest BCUT2D eigenvalue weighted by Crippen LogP contribution is -2.31. The van der Waals surface area contributed by atoms with E-state index in [0.717, 1.165) is 49.4 Å². The van der Waals surface area contributed by atoms with E-state index in [1.54, 1.807) is 0 Å². The number of imidazole rings is 1. The van der Waals surface area contributed by atoms with Crippen LogP contribution < -0.4 is 10.2 Å². The van der Waals surface area contributed by atoms with Crippen molar-refractivity contribution in [3.05, 3.63) is 77.9 Å². The molecule has 0 fully saturated rings. The van der Waals surface area contributed by atoms with Gasteiger partial charge in [-0.15, -0.1) is 0 Å². The van der Waals surface area contributed by atoms with Gasteiger partial charge in [-0.05, 0) is 36.1 Å². The van der Waals surface area contributed by atoms with E-state index in [1.807, 2.05) is 30.6 Å². The van der Waals surface area contributed by atoms with Gasteiger partial charge in [-0.1, -0.05) is 36.4 Å². The van der Waals surface area contributed by atoms with Crippen LogP contribution >= 0.6 is 0 Å². The molecule has 2 aliphatic heterocycles. The van der Waals surface area contributed by atoms with Crippen LogP contribution in [0, 0.1) is 5.92 Å². The van der Waals surface area contributed by atoms with Gasteiger partial charge in [0.25, 0.3) is 0 Å². The number of carbonyl (C=O) groups is 1. The fourth-order valence-corrected chi connectivity index (χ4v) is 4.37. The zero-order chi connectivity index (χ0) is 18.9. The molecule has 2 aliphatic rings. The maximum atomic E-state index is 12.9. The van der Waals surface area contributed by atoms with E-state index in [9.17, 15) is 4.79 Å². The van der Waals surface area contributed by atoms with E-state index in [0.29, 0.717) is 6.54 Å². The van der Waals surface area contributed by atoms with E-state index < -0.39 is 0 Å². The second-order valence-electron chi connectivity index (χ2n) is 7.68. The molecule has 1 N–H and O–H groups in total. The Labute approximate surface area is 165 Å². The van der Waals surface area contributed by atoms with Crippen molar-refractivity contribution in [1.29, 1.82) is 0 Å². The summed E-state index contributed by atoms with van der Waals surface area (Å²) in [6.07, 6.45) is 6.58. The molecule has 5 rings (SSSR count). The molecule has 1 aromatic heterocycles. The van der Waals surface area contributed by atoms with E-state index in [-0.39, 0.29) is 11.8 Å². The van der Waals surface area contributed by atoms with Crippen LogP contribution in [0.4, 0.5) is 11.4 Å². The number of anilines is 2. The summed E-state index contributed by atoms with van der Waals surface area (Å²) < 4.78 is 2.10. The lowest BCUT2D eigenvalue weighted by Gasteiger charge is -2.25. The Kier molecular flexibility index (Phi) is 4.35. The van der Waals surface area contributed by atoms with Gasteiger partial charge >= 0.3 is 0 Å². The van der Waals surface area contributed by atoms with E-state index in [2.05, 4.69) is 50.1 Å². The number of para-hydroxylation sites is 2. The van der Waals surface area contributed by atoms with Crippen molar-refractivity contribution in [2.75, 3.05) is 16.8 Å². The van der Waals surface area contributed by atoms with Gasteiger partial charge in [0.15, 0.2) is 0 Å². The molecule has 3 aromatic rings. The van der Waals surface area contributed by atoms with Gasteiger partial charge in [0.2, 0.25) is 5.91 Å². The molecule has 142 valence electrons.